The molecule has 0 aromatic heterocycles. The zero-order valence-electron chi connectivity index (χ0n) is 11.6. The molecule has 2 aromatic rings. The first kappa shape index (κ1) is 15.9. The summed E-state index contributed by atoms with van der Waals surface area (Å²) in [6.07, 6.45) is -1.02. The third-order valence-electron chi connectivity index (χ3n) is 3.27. The summed E-state index contributed by atoms with van der Waals surface area (Å²) in [6.45, 7) is 0.840. The van der Waals surface area contributed by atoms with Gasteiger partial charge in [-0.25, -0.2) is 0 Å². The standard InChI is InChI=1S/C16H15BrF2O2/c1-9-8-13(17)10(2)7-12(9)15(20)11-5-3-4-6-14(11)21-16(18)19/h3-8,15-16,20H,1-2H3. The Bertz CT molecular complexity index is 644. The first-order valence-electron chi connectivity index (χ1n) is 6.38. The molecule has 112 valence electrons. The average molecular weight is 357 g/mol. The number of hydrogen-bond donors (Lipinski definition) is 1. The van der Waals surface area contributed by atoms with Gasteiger partial charge in [-0.1, -0.05) is 40.2 Å². The van der Waals surface area contributed by atoms with Crippen molar-refractivity contribution in [1.82, 2.24) is 0 Å². The smallest absolute Gasteiger partial charge is 0.387 e. The predicted octanol–water partition coefficient (Wildman–Crippen LogP) is 4.75. The quantitative estimate of drug-likeness (QED) is 0.856. The number of rotatable bonds is 4. The van der Waals surface area contributed by atoms with Crippen LogP contribution in [0.1, 0.15) is 28.4 Å². The topological polar surface area (TPSA) is 29.5 Å². The van der Waals surface area contributed by atoms with E-state index >= 15 is 0 Å². The normalized spacial score (nSPS) is 12.5. The van der Waals surface area contributed by atoms with Crippen molar-refractivity contribution in [3.8, 4) is 5.75 Å². The monoisotopic (exact) mass is 356 g/mol. The van der Waals surface area contributed by atoms with Crippen molar-refractivity contribution in [2.24, 2.45) is 0 Å². The average Bonchev–Trinajstić information content (AvgIpc) is 2.42. The Balaban J connectivity index is 2.45. The van der Waals surface area contributed by atoms with E-state index in [9.17, 15) is 13.9 Å². The van der Waals surface area contributed by atoms with Crippen LogP contribution in [0.15, 0.2) is 40.9 Å². The number of aliphatic hydroxyl groups excluding tert-OH is 1. The Morgan fingerprint density at radius 2 is 1.71 bits per heavy atom. The summed E-state index contributed by atoms with van der Waals surface area (Å²) in [5, 5.41) is 10.5. The molecule has 0 amide bonds. The van der Waals surface area contributed by atoms with Gasteiger partial charge < -0.3 is 9.84 Å². The first-order chi connectivity index (χ1) is 9.90. The van der Waals surface area contributed by atoms with E-state index in [1.165, 1.54) is 6.07 Å². The van der Waals surface area contributed by atoms with E-state index in [0.29, 0.717) is 11.1 Å². The number of aryl methyl sites for hydroxylation is 2. The zero-order chi connectivity index (χ0) is 15.6. The van der Waals surface area contributed by atoms with Crippen molar-refractivity contribution >= 4 is 15.9 Å². The molecule has 0 heterocycles. The molecule has 0 saturated heterocycles. The molecule has 0 fully saturated rings. The van der Waals surface area contributed by atoms with E-state index in [1.54, 1.807) is 18.2 Å². The SMILES string of the molecule is Cc1cc(C(O)c2ccccc2OC(F)F)c(C)cc1Br. The van der Waals surface area contributed by atoms with Gasteiger partial charge in [0.25, 0.3) is 0 Å². The molecule has 0 aliphatic rings. The molecule has 2 nitrogen and oxygen atoms in total. The minimum atomic E-state index is -2.92. The molecule has 2 rings (SSSR count). The molecular weight excluding hydrogens is 342 g/mol. The molecule has 0 aliphatic carbocycles. The van der Waals surface area contributed by atoms with Crippen LogP contribution in [0.25, 0.3) is 0 Å². The van der Waals surface area contributed by atoms with Crippen molar-refractivity contribution in [2.45, 2.75) is 26.6 Å². The maximum atomic E-state index is 12.5. The molecular formula is C16H15BrF2O2. The summed E-state index contributed by atoms with van der Waals surface area (Å²) < 4.78 is 30.3. The third-order valence-corrected chi connectivity index (χ3v) is 4.13. The highest BCUT2D eigenvalue weighted by molar-refractivity contribution is 9.10. The van der Waals surface area contributed by atoms with E-state index in [-0.39, 0.29) is 5.75 Å². The van der Waals surface area contributed by atoms with Crippen molar-refractivity contribution < 1.29 is 18.6 Å². The van der Waals surface area contributed by atoms with Crippen LogP contribution < -0.4 is 4.74 Å². The Labute approximate surface area is 130 Å². The number of aliphatic hydroxyl groups is 1. The Kier molecular flexibility index (Phi) is 4.96. The van der Waals surface area contributed by atoms with Crippen LogP contribution in [-0.4, -0.2) is 11.7 Å². The minimum absolute atomic E-state index is 0.0139. The van der Waals surface area contributed by atoms with Crippen LogP contribution in [0, 0.1) is 13.8 Å². The molecule has 5 heteroatoms. The number of para-hydroxylation sites is 1. The summed E-state index contributed by atoms with van der Waals surface area (Å²) in [5.41, 5.74) is 2.82. The number of hydrogen-bond acceptors (Lipinski definition) is 2. The number of alkyl halides is 2. The molecule has 0 bridgehead atoms. The van der Waals surface area contributed by atoms with Crippen LogP contribution in [0.2, 0.25) is 0 Å². The van der Waals surface area contributed by atoms with Gasteiger partial charge in [0.2, 0.25) is 0 Å². The van der Waals surface area contributed by atoms with Gasteiger partial charge in [-0.05, 0) is 42.7 Å². The summed E-state index contributed by atoms with van der Waals surface area (Å²) in [5.74, 6) is -0.0139. The lowest BCUT2D eigenvalue weighted by Crippen LogP contribution is -2.09. The van der Waals surface area contributed by atoms with Crippen LogP contribution in [0.5, 0.6) is 5.75 Å². The highest BCUT2D eigenvalue weighted by Gasteiger charge is 2.19. The van der Waals surface area contributed by atoms with Gasteiger partial charge >= 0.3 is 6.61 Å². The highest BCUT2D eigenvalue weighted by Crippen LogP contribution is 2.34. The molecule has 2 aromatic carbocycles. The molecule has 0 spiro atoms. The fourth-order valence-electron chi connectivity index (χ4n) is 2.18. The molecule has 21 heavy (non-hydrogen) atoms. The van der Waals surface area contributed by atoms with Crippen molar-refractivity contribution in [2.75, 3.05) is 0 Å². The lowest BCUT2D eigenvalue weighted by Gasteiger charge is -2.19. The predicted molar refractivity (Wildman–Crippen MR) is 80.8 cm³/mol. The Hall–Kier alpha value is -1.46. The maximum Gasteiger partial charge on any atom is 0.387 e. The second kappa shape index (κ2) is 6.54. The van der Waals surface area contributed by atoms with E-state index in [0.717, 1.165) is 15.6 Å². The van der Waals surface area contributed by atoms with Gasteiger partial charge in [-0.2, -0.15) is 8.78 Å². The summed E-state index contributed by atoms with van der Waals surface area (Å²) >= 11 is 3.43. The summed E-state index contributed by atoms with van der Waals surface area (Å²) in [4.78, 5) is 0. The van der Waals surface area contributed by atoms with Gasteiger partial charge in [0.15, 0.2) is 0 Å². The molecule has 0 saturated carbocycles. The van der Waals surface area contributed by atoms with E-state index < -0.39 is 12.7 Å². The lowest BCUT2D eigenvalue weighted by atomic mass is 9.95. The van der Waals surface area contributed by atoms with Crippen molar-refractivity contribution in [3.05, 3.63) is 63.1 Å². The summed E-state index contributed by atoms with van der Waals surface area (Å²) in [6, 6.07) is 10.0. The van der Waals surface area contributed by atoms with E-state index in [2.05, 4.69) is 20.7 Å². The summed E-state index contributed by atoms with van der Waals surface area (Å²) in [7, 11) is 0. The van der Waals surface area contributed by atoms with Crippen LogP contribution >= 0.6 is 15.9 Å². The number of benzene rings is 2. The number of halogens is 3. The highest BCUT2D eigenvalue weighted by atomic mass is 79.9. The Morgan fingerprint density at radius 3 is 2.38 bits per heavy atom. The van der Waals surface area contributed by atoms with Gasteiger partial charge in [-0.15, -0.1) is 0 Å². The molecule has 1 atom stereocenters. The van der Waals surface area contributed by atoms with Gasteiger partial charge in [0.05, 0.1) is 0 Å². The van der Waals surface area contributed by atoms with Crippen LogP contribution in [0.3, 0.4) is 0 Å². The van der Waals surface area contributed by atoms with Crippen LogP contribution in [-0.2, 0) is 0 Å². The van der Waals surface area contributed by atoms with Crippen LogP contribution in [0.4, 0.5) is 8.78 Å². The van der Waals surface area contributed by atoms with Gasteiger partial charge in [0.1, 0.15) is 11.9 Å². The van der Waals surface area contributed by atoms with Gasteiger partial charge in [-0.3, -0.25) is 0 Å². The molecule has 0 aliphatic heterocycles. The van der Waals surface area contributed by atoms with Gasteiger partial charge in [0, 0.05) is 10.0 Å². The maximum absolute atomic E-state index is 12.5. The first-order valence-corrected chi connectivity index (χ1v) is 7.18. The van der Waals surface area contributed by atoms with E-state index in [1.807, 2.05) is 26.0 Å². The molecule has 1 N–H and O–H groups in total. The molecule has 0 radical (unpaired) electrons. The second-order valence-corrected chi connectivity index (χ2v) is 5.63. The Morgan fingerprint density at radius 1 is 1.05 bits per heavy atom. The van der Waals surface area contributed by atoms with Crippen molar-refractivity contribution in [1.29, 1.82) is 0 Å². The largest absolute Gasteiger partial charge is 0.434 e. The number of ether oxygens (including phenoxy) is 1. The minimum Gasteiger partial charge on any atom is -0.434 e. The van der Waals surface area contributed by atoms with Crippen molar-refractivity contribution in [3.63, 3.8) is 0 Å². The second-order valence-electron chi connectivity index (χ2n) is 4.78. The fourth-order valence-corrected chi connectivity index (χ4v) is 2.63. The van der Waals surface area contributed by atoms with E-state index in [4.69, 9.17) is 0 Å². The molecule has 1 unspecified atom stereocenters. The lowest BCUT2D eigenvalue weighted by molar-refractivity contribution is -0.0512. The fraction of sp³-hybridized carbons (Fsp3) is 0.250. The third kappa shape index (κ3) is 3.60. The zero-order valence-corrected chi connectivity index (χ0v) is 13.2.